The molecule has 154 valence electrons. The number of anilines is 1. The van der Waals surface area contributed by atoms with Gasteiger partial charge in [-0.3, -0.25) is 9.10 Å². The zero-order valence-corrected chi connectivity index (χ0v) is 17.8. The number of carbonyl (C=O) groups excluding carboxylic acids is 1. The van der Waals surface area contributed by atoms with E-state index in [0.29, 0.717) is 24.2 Å². The van der Waals surface area contributed by atoms with Gasteiger partial charge in [0.15, 0.2) is 0 Å². The third kappa shape index (κ3) is 3.96. The topological polar surface area (TPSA) is 66.9 Å². The molecule has 1 heterocycles. The van der Waals surface area contributed by atoms with Gasteiger partial charge in [0.05, 0.1) is 19.1 Å². The highest BCUT2D eigenvalue weighted by Crippen LogP contribution is 2.36. The fourth-order valence-corrected chi connectivity index (χ4v) is 5.35. The predicted octanol–water partition coefficient (Wildman–Crippen LogP) is 3.21. The Hall–Kier alpha value is -2.54. The van der Waals surface area contributed by atoms with Crippen molar-refractivity contribution in [3.8, 4) is 5.75 Å². The minimum absolute atomic E-state index is 0.00317. The van der Waals surface area contributed by atoms with Crippen LogP contribution in [0.5, 0.6) is 5.75 Å². The van der Waals surface area contributed by atoms with Crippen molar-refractivity contribution >= 4 is 21.6 Å². The van der Waals surface area contributed by atoms with Crippen LogP contribution in [0.2, 0.25) is 0 Å². The number of carbonyl (C=O) groups is 1. The number of sulfonamides is 1. The molecule has 1 amide bonds. The SMILES string of the molecule is COc1ccc(CN(C(=O)c2ccc3c(c2)CC(C)N3S(C)(=O)=O)C2CC2)cc1. The van der Waals surface area contributed by atoms with E-state index in [1.807, 2.05) is 42.2 Å². The summed E-state index contributed by atoms with van der Waals surface area (Å²) in [5.41, 5.74) is 3.27. The maximum atomic E-state index is 13.3. The second-order valence-corrected chi connectivity index (χ2v) is 9.83. The molecule has 7 heteroatoms. The molecule has 1 unspecified atom stereocenters. The largest absolute Gasteiger partial charge is 0.497 e. The van der Waals surface area contributed by atoms with E-state index in [-0.39, 0.29) is 18.0 Å². The van der Waals surface area contributed by atoms with Crippen molar-refractivity contribution in [3.63, 3.8) is 0 Å². The number of ether oxygens (including phenoxy) is 1. The van der Waals surface area contributed by atoms with E-state index < -0.39 is 10.0 Å². The summed E-state index contributed by atoms with van der Waals surface area (Å²) in [7, 11) is -1.70. The average molecular weight is 415 g/mol. The molecule has 1 atom stereocenters. The summed E-state index contributed by atoms with van der Waals surface area (Å²) >= 11 is 0. The third-order valence-corrected chi connectivity index (χ3v) is 6.87. The average Bonchev–Trinajstić information content (AvgIpc) is 3.45. The quantitative estimate of drug-likeness (QED) is 0.728. The van der Waals surface area contributed by atoms with Crippen LogP contribution in [-0.2, 0) is 23.0 Å². The molecule has 2 aliphatic rings. The van der Waals surface area contributed by atoms with Gasteiger partial charge in [-0.1, -0.05) is 12.1 Å². The number of nitrogens with zero attached hydrogens (tertiary/aromatic N) is 2. The number of methoxy groups -OCH3 is 1. The first kappa shape index (κ1) is 19.8. The van der Waals surface area contributed by atoms with Crippen LogP contribution in [0, 0.1) is 0 Å². The molecule has 0 aromatic heterocycles. The van der Waals surface area contributed by atoms with Gasteiger partial charge >= 0.3 is 0 Å². The second kappa shape index (κ2) is 7.37. The van der Waals surface area contributed by atoms with Crippen LogP contribution in [0.1, 0.15) is 41.3 Å². The lowest BCUT2D eigenvalue weighted by molar-refractivity contribution is 0.0730. The van der Waals surface area contributed by atoms with Crippen LogP contribution in [0.15, 0.2) is 42.5 Å². The molecule has 0 spiro atoms. The summed E-state index contributed by atoms with van der Waals surface area (Å²) in [5.74, 6) is 0.790. The minimum Gasteiger partial charge on any atom is -0.497 e. The fourth-order valence-electron chi connectivity index (χ4n) is 4.09. The molecule has 4 rings (SSSR count). The Morgan fingerprint density at radius 1 is 1.17 bits per heavy atom. The number of fused-ring (bicyclic) bond motifs is 1. The van der Waals surface area contributed by atoms with Crippen LogP contribution in [0.3, 0.4) is 0 Å². The first-order valence-electron chi connectivity index (χ1n) is 9.84. The first-order chi connectivity index (χ1) is 13.8. The molecule has 2 aromatic rings. The molecular formula is C22H26N2O4S. The van der Waals surface area contributed by atoms with Gasteiger partial charge in [0, 0.05) is 24.2 Å². The van der Waals surface area contributed by atoms with E-state index in [1.165, 1.54) is 10.6 Å². The monoisotopic (exact) mass is 414 g/mol. The van der Waals surface area contributed by atoms with Gasteiger partial charge in [0.2, 0.25) is 10.0 Å². The molecule has 1 aliphatic carbocycles. The highest BCUT2D eigenvalue weighted by molar-refractivity contribution is 7.92. The van der Waals surface area contributed by atoms with Crippen molar-refractivity contribution < 1.29 is 17.9 Å². The van der Waals surface area contributed by atoms with Crippen molar-refractivity contribution in [3.05, 3.63) is 59.2 Å². The Labute approximate surface area is 172 Å². The van der Waals surface area contributed by atoms with Crippen molar-refractivity contribution in [1.29, 1.82) is 0 Å². The molecule has 1 aliphatic heterocycles. The predicted molar refractivity (Wildman–Crippen MR) is 113 cm³/mol. The summed E-state index contributed by atoms with van der Waals surface area (Å²) in [4.78, 5) is 15.2. The van der Waals surface area contributed by atoms with Crippen LogP contribution < -0.4 is 9.04 Å². The maximum absolute atomic E-state index is 13.3. The van der Waals surface area contributed by atoms with Crippen molar-refractivity contribution in [2.75, 3.05) is 17.7 Å². The molecule has 6 nitrogen and oxygen atoms in total. The van der Waals surface area contributed by atoms with Gasteiger partial charge in [0.25, 0.3) is 5.91 Å². The molecule has 0 saturated heterocycles. The Balaban J connectivity index is 1.58. The molecule has 0 N–H and O–H groups in total. The molecular weight excluding hydrogens is 388 g/mol. The van der Waals surface area contributed by atoms with E-state index in [0.717, 1.165) is 29.7 Å². The van der Waals surface area contributed by atoms with Gasteiger partial charge in [-0.25, -0.2) is 8.42 Å². The molecule has 0 radical (unpaired) electrons. The molecule has 2 aromatic carbocycles. The van der Waals surface area contributed by atoms with Gasteiger partial charge in [-0.15, -0.1) is 0 Å². The Morgan fingerprint density at radius 3 is 2.45 bits per heavy atom. The van der Waals surface area contributed by atoms with E-state index >= 15 is 0 Å². The summed E-state index contributed by atoms with van der Waals surface area (Å²) < 4.78 is 30.9. The number of amides is 1. The van der Waals surface area contributed by atoms with Crippen LogP contribution >= 0.6 is 0 Å². The lowest BCUT2D eigenvalue weighted by Crippen LogP contribution is -2.34. The van der Waals surface area contributed by atoms with E-state index in [2.05, 4.69) is 0 Å². The molecule has 29 heavy (non-hydrogen) atoms. The molecule has 1 saturated carbocycles. The Bertz CT molecular complexity index is 1030. The lowest BCUT2D eigenvalue weighted by atomic mass is 10.1. The van der Waals surface area contributed by atoms with E-state index in [9.17, 15) is 13.2 Å². The van der Waals surface area contributed by atoms with Crippen LogP contribution in [-0.4, -0.2) is 44.7 Å². The Morgan fingerprint density at radius 2 is 1.86 bits per heavy atom. The number of hydrogen-bond acceptors (Lipinski definition) is 4. The lowest BCUT2D eigenvalue weighted by Gasteiger charge is -2.24. The number of rotatable bonds is 6. The summed E-state index contributed by atoms with van der Waals surface area (Å²) in [6, 6.07) is 13.3. The molecule has 1 fully saturated rings. The first-order valence-corrected chi connectivity index (χ1v) is 11.7. The minimum atomic E-state index is -3.34. The third-order valence-electron chi connectivity index (χ3n) is 5.60. The Kier molecular flexibility index (Phi) is 5.02. The standard InChI is InChI=1S/C22H26N2O4S/c1-15-12-18-13-17(6-11-21(18)24(15)29(3,26)27)22(25)23(19-7-8-19)14-16-4-9-20(28-2)10-5-16/h4-6,9-11,13,15,19H,7-8,12,14H2,1-3H3. The van der Waals surface area contributed by atoms with Gasteiger partial charge in [-0.2, -0.15) is 0 Å². The highest BCUT2D eigenvalue weighted by Gasteiger charge is 2.35. The van der Waals surface area contributed by atoms with Gasteiger partial charge in [0.1, 0.15) is 5.75 Å². The molecule has 0 bridgehead atoms. The van der Waals surface area contributed by atoms with E-state index in [1.54, 1.807) is 19.2 Å². The number of benzene rings is 2. The summed E-state index contributed by atoms with van der Waals surface area (Å²) in [6.45, 7) is 2.44. The summed E-state index contributed by atoms with van der Waals surface area (Å²) in [5, 5.41) is 0. The van der Waals surface area contributed by atoms with Crippen molar-refractivity contribution in [2.45, 2.75) is 44.8 Å². The smallest absolute Gasteiger partial charge is 0.254 e. The zero-order chi connectivity index (χ0) is 20.8. The van der Waals surface area contributed by atoms with Gasteiger partial charge in [-0.05, 0) is 67.6 Å². The van der Waals surface area contributed by atoms with Crippen molar-refractivity contribution in [2.24, 2.45) is 0 Å². The number of hydrogen-bond donors (Lipinski definition) is 0. The summed E-state index contributed by atoms with van der Waals surface area (Å²) in [6.07, 6.45) is 3.88. The van der Waals surface area contributed by atoms with E-state index in [4.69, 9.17) is 4.74 Å². The van der Waals surface area contributed by atoms with Crippen molar-refractivity contribution in [1.82, 2.24) is 4.90 Å². The van der Waals surface area contributed by atoms with Crippen LogP contribution in [0.4, 0.5) is 5.69 Å². The van der Waals surface area contributed by atoms with Crippen LogP contribution in [0.25, 0.3) is 0 Å². The zero-order valence-electron chi connectivity index (χ0n) is 17.0. The fraction of sp³-hybridized carbons (Fsp3) is 0.409. The normalized spacial score (nSPS) is 18.4. The maximum Gasteiger partial charge on any atom is 0.254 e. The highest BCUT2D eigenvalue weighted by atomic mass is 32.2. The second-order valence-electron chi connectivity index (χ2n) is 7.97. The van der Waals surface area contributed by atoms with Gasteiger partial charge < -0.3 is 9.64 Å².